The van der Waals surface area contributed by atoms with Gasteiger partial charge < -0.3 is 5.32 Å². The first-order valence-electron chi connectivity index (χ1n) is 7.97. The van der Waals surface area contributed by atoms with E-state index in [1.807, 2.05) is 6.07 Å². The van der Waals surface area contributed by atoms with Gasteiger partial charge in [0.25, 0.3) is 0 Å². The number of hydrogen-bond donors (Lipinski definition) is 1. The molecule has 1 aromatic rings. The normalized spacial score (nSPS) is 13.4. The Kier molecular flexibility index (Phi) is 7.22. The fourth-order valence-corrected chi connectivity index (χ4v) is 2.56. The van der Waals surface area contributed by atoms with Crippen LogP contribution in [0.1, 0.15) is 71.4 Å². The van der Waals surface area contributed by atoms with Gasteiger partial charge in [-0.05, 0) is 36.0 Å². The third-order valence-electron chi connectivity index (χ3n) is 3.94. The summed E-state index contributed by atoms with van der Waals surface area (Å²) in [6.45, 7) is 9.99. The van der Waals surface area contributed by atoms with Gasteiger partial charge in [0.05, 0.1) is 0 Å². The summed E-state index contributed by atoms with van der Waals surface area (Å²) in [6.07, 6.45) is 6.10. The largest absolute Gasteiger partial charge is 0.309 e. The number of halogens is 1. The molecule has 1 aromatic carbocycles. The van der Waals surface area contributed by atoms with Crippen LogP contribution in [0.4, 0.5) is 4.39 Å². The number of hydrogen-bond acceptors (Lipinski definition) is 1. The van der Waals surface area contributed by atoms with Crippen LogP contribution >= 0.6 is 0 Å². The summed E-state index contributed by atoms with van der Waals surface area (Å²) < 4.78 is 13.3. The maximum Gasteiger partial charge on any atom is 0.123 e. The monoisotopic (exact) mass is 279 g/mol. The van der Waals surface area contributed by atoms with Gasteiger partial charge in [-0.25, -0.2) is 4.39 Å². The molecule has 0 fully saturated rings. The van der Waals surface area contributed by atoms with Crippen LogP contribution in [0.5, 0.6) is 0 Å². The van der Waals surface area contributed by atoms with Crippen molar-refractivity contribution in [3.8, 4) is 0 Å². The summed E-state index contributed by atoms with van der Waals surface area (Å²) in [5.74, 6) is -0.148. The van der Waals surface area contributed by atoms with Gasteiger partial charge in [0.2, 0.25) is 0 Å². The highest BCUT2D eigenvalue weighted by atomic mass is 19.1. The third-order valence-corrected chi connectivity index (χ3v) is 3.94. The summed E-state index contributed by atoms with van der Waals surface area (Å²) in [6, 6.07) is 7.20. The second-order valence-electron chi connectivity index (χ2n) is 6.52. The predicted octanol–water partition coefficient (Wildman–Crippen LogP) is 5.47. The van der Waals surface area contributed by atoms with Gasteiger partial charge >= 0.3 is 0 Å². The molecule has 1 atom stereocenters. The molecule has 20 heavy (non-hydrogen) atoms. The van der Waals surface area contributed by atoms with Crippen molar-refractivity contribution >= 4 is 0 Å². The third kappa shape index (κ3) is 6.04. The molecule has 0 aliphatic heterocycles. The SMILES string of the molecule is CCCCCC(C)(C)CNC(CC)c1cccc(F)c1. The standard InChI is InChI=1S/C18H30FN/c1-5-7-8-12-18(3,4)14-20-17(6-2)15-10-9-11-16(19)13-15/h9-11,13,17,20H,5-8,12,14H2,1-4H3. The molecule has 114 valence electrons. The fourth-order valence-electron chi connectivity index (χ4n) is 2.56. The Hall–Kier alpha value is -0.890. The van der Waals surface area contributed by atoms with Crippen molar-refractivity contribution in [2.24, 2.45) is 5.41 Å². The zero-order chi connectivity index (χ0) is 15.0. The van der Waals surface area contributed by atoms with Gasteiger partial charge in [0.1, 0.15) is 5.82 Å². The summed E-state index contributed by atoms with van der Waals surface area (Å²) in [5, 5.41) is 3.61. The van der Waals surface area contributed by atoms with Crippen LogP contribution in [0.2, 0.25) is 0 Å². The molecule has 0 saturated heterocycles. The molecule has 1 N–H and O–H groups in total. The van der Waals surface area contributed by atoms with Crippen LogP contribution in [0, 0.1) is 11.2 Å². The first-order chi connectivity index (χ1) is 9.48. The van der Waals surface area contributed by atoms with E-state index in [1.165, 1.54) is 31.7 Å². The van der Waals surface area contributed by atoms with Crippen molar-refractivity contribution in [3.05, 3.63) is 35.6 Å². The lowest BCUT2D eigenvalue weighted by Crippen LogP contribution is -2.32. The maximum atomic E-state index is 13.3. The van der Waals surface area contributed by atoms with E-state index in [9.17, 15) is 4.39 Å². The molecule has 0 amide bonds. The average molecular weight is 279 g/mol. The van der Waals surface area contributed by atoms with E-state index < -0.39 is 0 Å². The van der Waals surface area contributed by atoms with E-state index in [4.69, 9.17) is 0 Å². The van der Waals surface area contributed by atoms with Gasteiger partial charge in [-0.1, -0.05) is 59.1 Å². The molecule has 0 spiro atoms. The highest BCUT2D eigenvalue weighted by molar-refractivity contribution is 5.20. The second-order valence-corrected chi connectivity index (χ2v) is 6.52. The molecule has 1 unspecified atom stereocenters. The minimum Gasteiger partial charge on any atom is -0.309 e. The highest BCUT2D eigenvalue weighted by Gasteiger charge is 2.19. The summed E-state index contributed by atoms with van der Waals surface area (Å²) in [5.41, 5.74) is 1.35. The van der Waals surface area contributed by atoms with Crippen molar-refractivity contribution in [1.82, 2.24) is 5.32 Å². The quantitative estimate of drug-likeness (QED) is 0.591. The van der Waals surface area contributed by atoms with Gasteiger partial charge in [0.15, 0.2) is 0 Å². The molecule has 0 heterocycles. The minimum atomic E-state index is -0.148. The molecule has 0 radical (unpaired) electrons. The molecule has 1 nitrogen and oxygen atoms in total. The summed E-state index contributed by atoms with van der Waals surface area (Å²) in [7, 11) is 0. The molecule has 0 saturated carbocycles. The zero-order valence-electron chi connectivity index (χ0n) is 13.5. The van der Waals surface area contributed by atoms with Crippen LogP contribution < -0.4 is 5.32 Å². The van der Waals surface area contributed by atoms with Crippen molar-refractivity contribution in [3.63, 3.8) is 0 Å². The lowest BCUT2D eigenvalue weighted by Gasteiger charge is -2.28. The average Bonchev–Trinajstić information content (AvgIpc) is 2.39. The lowest BCUT2D eigenvalue weighted by atomic mass is 9.86. The molecular weight excluding hydrogens is 249 g/mol. The van der Waals surface area contributed by atoms with Crippen molar-refractivity contribution in [2.75, 3.05) is 6.54 Å². The number of rotatable bonds is 9. The van der Waals surface area contributed by atoms with Crippen molar-refractivity contribution < 1.29 is 4.39 Å². The molecule has 0 aromatic heterocycles. The Bertz CT molecular complexity index is 387. The molecule has 1 rings (SSSR count). The summed E-state index contributed by atoms with van der Waals surface area (Å²) in [4.78, 5) is 0. The molecule has 0 aliphatic carbocycles. The first kappa shape index (κ1) is 17.2. The topological polar surface area (TPSA) is 12.0 Å². The van der Waals surface area contributed by atoms with E-state index in [1.54, 1.807) is 12.1 Å². The van der Waals surface area contributed by atoms with E-state index in [-0.39, 0.29) is 11.9 Å². The number of nitrogens with one attached hydrogen (secondary N) is 1. The number of unbranched alkanes of at least 4 members (excludes halogenated alkanes) is 2. The van der Waals surface area contributed by atoms with E-state index in [0.717, 1.165) is 18.5 Å². The Morgan fingerprint density at radius 1 is 1.20 bits per heavy atom. The highest BCUT2D eigenvalue weighted by Crippen LogP contribution is 2.25. The van der Waals surface area contributed by atoms with Crippen LogP contribution in [0.15, 0.2) is 24.3 Å². The van der Waals surface area contributed by atoms with Crippen molar-refractivity contribution in [2.45, 2.75) is 65.8 Å². The van der Waals surface area contributed by atoms with Gasteiger partial charge in [-0.15, -0.1) is 0 Å². The predicted molar refractivity (Wildman–Crippen MR) is 85.4 cm³/mol. The fraction of sp³-hybridized carbons (Fsp3) is 0.667. The van der Waals surface area contributed by atoms with Gasteiger partial charge in [-0.2, -0.15) is 0 Å². The van der Waals surface area contributed by atoms with Crippen molar-refractivity contribution in [1.29, 1.82) is 0 Å². The lowest BCUT2D eigenvalue weighted by molar-refractivity contribution is 0.285. The Morgan fingerprint density at radius 3 is 2.55 bits per heavy atom. The minimum absolute atomic E-state index is 0.148. The molecular formula is C18H30FN. The van der Waals surface area contributed by atoms with E-state index in [0.29, 0.717) is 5.41 Å². The molecule has 0 bridgehead atoms. The van der Waals surface area contributed by atoms with Gasteiger partial charge in [0, 0.05) is 12.6 Å². The second kappa shape index (κ2) is 8.41. The van der Waals surface area contributed by atoms with Gasteiger partial charge in [-0.3, -0.25) is 0 Å². The van der Waals surface area contributed by atoms with Crippen LogP contribution in [-0.4, -0.2) is 6.54 Å². The van der Waals surface area contributed by atoms with E-state index in [2.05, 4.69) is 33.0 Å². The first-order valence-corrected chi connectivity index (χ1v) is 7.97. The number of benzene rings is 1. The zero-order valence-corrected chi connectivity index (χ0v) is 13.5. The summed E-state index contributed by atoms with van der Waals surface area (Å²) >= 11 is 0. The van der Waals surface area contributed by atoms with Crippen LogP contribution in [0.25, 0.3) is 0 Å². The van der Waals surface area contributed by atoms with E-state index >= 15 is 0 Å². The smallest absolute Gasteiger partial charge is 0.123 e. The molecule has 2 heteroatoms. The maximum absolute atomic E-state index is 13.3. The Balaban J connectivity index is 2.52. The van der Waals surface area contributed by atoms with Crippen LogP contribution in [0.3, 0.4) is 0 Å². The Labute approximate surface area is 124 Å². The molecule has 0 aliphatic rings. The van der Waals surface area contributed by atoms with Crippen LogP contribution in [-0.2, 0) is 0 Å². The Morgan fingerprint density at radius 2 is 1.95 bits per heavy atom.